The van der Waals surface area contributed by atoms with E-state index in [4.69, 9.17) is 23.7 Å². The van der Waals surface area contributed by atoms with Gasteiger partial charge in [-0.15, -0.1) is 0 Å². The lowest BCUT2D eigenvalue weighted by Gasteiger charge is -2.67. The summed E-state index contributed by atoms with van der Waals surface area (Å²) in [5.41, 5.74) is -7.09. The molecule has 4 N–H and O–H groups in total. The minimum Gasteiger partial charge on any atom is -0.456 e. The molecular weight excluding hydrogens is 882 g/mol. The molecule has 11 atom stereocenters. The zero-order valence-electron chi connectivity index (χ0n) is 35.5. The van der Waals surface area contributed by atoms with Crippen molar-refractivity contribution < 1.29 is 67.8 Å². The van der Waals surface area contributed by atoms with Crippen molar-refractivity contribution in [2.75, 3.05) is 6.61 Å². The van der Waals surface area contributed by atoms with Gasteiger partial charge >= 0.3 is 23.9 Å². The van der Waals surface area contributed by atoms with Crippen molar-refractivity contribution in [1.82, 2.24) is 5.32 Å². The molecule has 0 aromatic heterocycles. The fraction of sp³-hybridized carbons (Fsp3) is 0.447. The molecule has 1 saturated heterocycles. The second-order valence-electron chi connectivity index (χ2n) is 17.5. The van der Waals surface area contributed by atoms with Crippen LogP contribution in [0.5, 0.6) is 0 Å². The van der Waals surface area contributed by atoms with E-state index in [0.29, 0.717) is 10.0 Å². The third kappa shape index (κ3) is 7.79. The highest BCUT2D eigenvalue weighted by atomic mass is 79.9. The van der Waals surface area contributed by atoms with Gasteiger partial charge in [-0.05, 0) is 67.0 Å². The first kappa shape index (κ1) is 45.8. The molecule has 2 unspecified atom stereocenters. The number of benzene rings is 3. The van der Waals surface area contributed by atoms with Crippen LogP contribution in [0.3, 0.4) is 0 Å². The van der Waals surface area contributed by atoms with E-state index in [1.165, 1.54) is 26.0 Å². The van der Waals surface area contributed by atoms with Gasteiger partial charge in [0.25, 0.3) is 5.91 Å². The summed E-state index contributed by atoms with van der Waals surface area (Å²) < 4.78 is 31.0. The Bertz CT molecular complexity index is 2340. The number of hydrogen-bond acceptors (Lipinski definition) is 14. The number of halogens is 1. The van der Waals surface area contributed by atoms with Crippen LogP contribution in [0.2, 0.25) is 0 Å². The lowest BCUT2D eigenvalue weighted by atomic mass is 9.44. The third-order valence-corrected chi connectivity index (χ3v) is 14.1. The van der Waals surface area contributed by atoms with E-state index in [0.717, 1.165) is 13.8 Å². The van der Waals surface area contributed by atoms with Crippen LogP contribution in [0.15, 0.2) is 101 Å². The van der Waals surface area contributed by atoms with Crippen LogP contribution in [0.4, 0.5) is 0 Å². The number of ketones is 1. The number of fused-ring (bicyclic) bond motifs is 5. The number of aliphatic hydroxyl groups is 3. The Morgan fingerprint density at radius 3 is 2.02 bits per heavy atom. The van der Waals surface area contributed by atoms with E-state index in [9.17, 15) is 39.3 Å². The van der Waals surface area contributed by atoms with Gasteiger partial charge in [0.1, 0.15) is 23.9 Å². The molecule has 1 heterocycles. The minimum absolute atomic E-state index is 0.00765. The van der Waals surface area contributed by atoms with Gasteiger partial charge in [-0.2, -0.15) is 0 Å². The average Bonchev–Trinajstić information content (AvgIpc) is 3.24. The Morgan fingerprint density at radius 1 is 0.857 bits per heavy atom. The minimum atomic E-state index is -2.40. The van der Waals surface area contributed by atoms with E-state index in [1.54, 1.807) is 86.6 Å². The predicted molar refractivity (Wildman–Crippen MR) is 225 cm³/mol. The van der Waals surface area contributed by atoms with E-state index in [1.807, 2.05) is 0 Å². The smallest absolute Gasteiger partial charge is 0.338 e. The summed E-state index contributed by atoms with van der Waals surface area (Å²) in [6.45, 7) is 7.96. The standard InChI is InChI=1S/C47H50BrNO14/c1-24-31(61-43(57)36(53)35(27-17-19-30(48)20-18-27)49-41(55)28-13-9-7-10-14-28)22-47(58)40(62-42(56)29-15-11-8-12-16-29)38-45(6,32(52)21-33-46(38,23-59-33)63-26(3)51)39(54)37(60-25(2)50)34(24)44(47,4)5/h7-20,31-33,35-38,40,52-53,58H,21-23H2,1-6H3,(H,49,55)/t31-,32-,33+,35-,36+,37+,38?,40?,45+,46-,47+/m0/s1. The van der Waals surface area contributed by atoms with Gasteiger partial charge in [-0.3, -0.25) is 19.2 Å². The molecule has 2 bridgehead atoms. The monoisotopic (exact) mass is 931 g/mol. The number of esters is 4. The van der Waals surface area contributed by atoms with Crippen molar-refractivity contribution in [2.24, 2.45) is 16.7 Å². The molecule has 1 aliphatic heterocycles. The number of nitrogens with one attached hydrogen (secondary N) is 1. The molecule has 7 rings (SSSR count). The van der Waals surface area contributed by atoms with Gasteiger partial charge in [0.05, 0.1) is 35.6 Å². The van der Waals surface area contributed by atoms with E-state index >= 15 is 4.79 Å². The number of carbonyl (C=O) groups is 6. The Labute approximate surface area is 372 Å². The molecule has 63 heavy (non-hydrogen) atoms. The van der Waals surface area contributed by atoms with Crippen molar-refractivity contribution in [3.8, 4) is 0 Å². The quantitative estimate of drug-likeness (QED) is 0.125. The number of hydrogen-bond donors (Lipinski definition) is 4. The molecule has 15 nitrogen and oxygen atoms in total. The normalized spacial score (nSPS) is 31.6. The molecule has 3 aromatic rings. The zero-order chi connectivity index (χ0) is 45.8. The van der Waals surface area contributed by atoms with Crippen molar-refractivity contribution in [2.45, 2.75) is 108 Å². The van der Waals surface area contributed by atoms with E-state index in [-0.39, 0.29) is 35.3 Å². The van der Waals surface area contributed by atoms with E-state index < -0.39 is 113 Å². The summed E-state index contributed by atoms with van der Waals surface area (Å²) in [6, 6.07) is 21.2. The summed E-state index contributed by atoms with van der Waals surface area (Å²) in [7, 11) is 0. The van der Waals surface area contributed by atoms with Crippen LogP contribution in [-0.2, 0) is 42.9 Å². The number of carbonyl (C=O) groups excluding carboxylic acids is 6. The maximum absolute atomic E-state index is 15.5. The van der Waals surface area contributed by atoms with Gasteiger partial charge < -0.3 is 44.3 Å². The van der Waals surface area contributed by atoms with Crippen LogP contribution in [0.1, 0.15) is 86.7 Å². The Balaban J connectivity index is 1.39. The molecular formula is C47H50BrNO14. The molecule has 3 aliphatic carbocycles. The third-order valence-electron chi connectivity index (χ3n) is 13.6. The fourth-order valence-electron chi connectivity index (χ4n) is 10.2. The van der Waals surface area contributed by atoms with Crippen LogP contribution < -0.4 is 5.32 Å². The summed E-state index contributed by atoms with van der Waals surface area (Å²) in [4.78, 5) is 83.6. The number of rotatable bonds is 10. The second-order valence-corrected chi connectivity index (χ2v) is 18.4. The van der Waals surface area contributed by atoms with Crippen LogP contribution >= 0.6 is 15.9 Å². The zero-order valence-corrected chi connectivity index (χ0v) is 37.1. The van der Waals surface area contributed by atoms with Crippen molar-refractivity contribution in [1.29, 1.82) is 0 Å². The molecule has 3 fully saturated rings. The second kappa shape index (κ2) is 17.0. The number of Topliss-reactive ketones (excluding diaryl/α,β-unsaturated/α-hetero) is 1. The highest BCUT2D eigenvalue weighted by molar-refractivity contribution is 9.10. The lowest BCUT2D eigenvalue weighted by molar-refractivity contribution is -0.346. The molecule has 2 saturated carbocycles. The first-order chi connectivity index (χ1) is 29.7. The van der Waals surface area contributed by atoms with Gasteiger partial charge in [0, 0.05) is 42.1 Å². The first-order valence-corrected chi connectivity index (χ1v) is 21.4. The fourth-order valence-corrected chi connectivity index (χ4v) is 10.5. The predicted octanol–water partition coefficient (Wildman–Crippen LogP) is 4.50. The van der Waals surface area contributed by atoms with Gasteiger partial charge in [0.15, 0.2) is 23.6 Å². The molecule has 16 heteroatoms. The number of ether oxygens (including phenoxy) is 5. The first-order valence-electron chi connectivity index (χ1n) is 20.6. The van der Waals surface area contributed by atoms with Crippen LogP contribution in [0, 0.1) is 16.7 Å². The Hall–Kier alpha value is -5.26. The molecule has 0 radical (unpaired) electrons. The van der Waals surface area contributed by atoms with Crippen LogP contribution in [0.25, 0.3) is 0 Å². The summed E-state index contributed by atoms with van der Waals surface area (Å²) in [5, 5.41) is 40.3. The maximum Gasteiger partial charge on any atom is 0.338 e. The maximum atomic E-state index is 15.5. The highest BCUT2D eigenvalue weighted by Crippen LogP contribution is 2.64. The van der Waals surface area contributed by atoms with Gasteiger partial charge in [-0.1, -0.05) is 78.3 Å². The topological polar surface area (TPSA) is 221 Å². The SMILES string of the molecule is CC(=O)O[C@H]1C(=O)[C@@]2(C)C(C(OC(=O)c3ccccc3)[C@]3(O)C[C@H](OC(=O)[C@H](O)[C@@H](NC(=O)c4ccccc4)c4ccc(Br)cc4)C(C)=C1C3(C)C)[C@]1(OC(C)=O)CO[C@@H]1C[C@@H]2O. The summed E-state index contributed by atoms with van der Waals surface area (Å²) in [5.74, 6) is -6.88. The van der Waals surface area contributed by atoms with Crippen molar-refractivity contribution >= 4 is 51.5 Å². The summed E-state index contributed by atoms with van der Waals surface area (Å²) in [6.07, 6.45) is -10.6. The van der Waals surface area contributed by atoms with Crippen molar-refractivity contribution in [3.63, 3.8) is 0 Å². The van der Waals surface area contributed by atoms with E-state index in [2.05, 4.69) is 21.2 Å². The van der Waals surface area contributed by atoms with Crippen LogP contribution in [-0.4, -0.2) is 105 Å². The molecule has 3 aromatic carbocycles. The average molecular weight is 933 g/mol. The van der Waals surface area contributed by atoms with Crippen molar-refractivity contribution in [3.05, 3.63) is 117 Å². The molecule has 4 aliphatic rings. The Morgan fingerprint density at radius 2 is 1.46 bits per heavy atom. The number of aliphatic hydroxyl groups excluding tert-OH is 2. The van der Waals surface area contributed by atoms with Gasteiger partial charge in [0.2, 0.25) is 0 Å². The molecule has 1 amide bonds. The molecule has 334 valence electrons. The largest absolute Gasteiger partial charge is 0.456 e. The molecule has 0 spiro atoms. The van der Waals surface area contributed by atoms with Gasteiger partial charge in [-0.25, -0.2) is 9.59 Å². The Kier molecular flexibility index (Phi) is 12.4. The summed E-state index contributed by atoms with van der Waals surface area (Å²) >= 11 is 3.38. The lowest BCUT2D eigenvalue weighted by Crippen LogP contribution is -2.82. The number of amides is 1. The highest BCUT2D eigenvalue weighted by Gasteiger charge is 2.78.